The first kappa shape index (κ1) is 37.4. The number of aliphatic hydroxyl groups excluding tert-OH is 1. The Hall–Kier alpha value is -3.41. The number of carbonyl (C=O) groups is 3. The molecule has 3 amide bonds. The maximum atomic E-state index is 13.8. The maximum Gasteiger partial charge on any atom is 0.407 e. The Bertz CT molecular complexity index is 1400. The quantitative estimate of drug-likeness (QED) is 0.248. The van der Waals surface area contributed by atoms with Crippen LogP contribution in [0.15, 0.2) is 18.2 Å². The van der Waals surface area contributed by atoms with Gasteiger partial charge in [-0.05, 0) is 26.0 Å². The molecule has 0 unspecified atom stereocenters. The first-order valence-electron chi connectivity index (χ1n) is 16.2. The summed E-state index contributed by atoms with van der Waals surface area (Å²) >= 11 is 0. The van der Waals surface area contributed by atoms with Crippen LogP contribution in [0.5, 0.6) is 0 Å². The summed E-state index contributed by atoms with van der Waals surface area (Å²) in [5.41, 5.74) is 0.708. The van der Waals surface area contributed by atoms with Crippen molar-refractivity contribution in [3.8, 4) is 0 Å². The fourth-order valence-electron chi connectivity index (χ4n) is 6.15. The smallest absolute Gasteiger partial charge is 0.407 e. The van der Waals surface area contributed by atoms with E-state index in [1.807, 2.05) is 11.8 Å². The van der Waals surface area contributed by atoms with E-state index in [0.717, 1.165) is 12.1 Å². The Kier molecular flexibility index (Phi) is 13.9. The van der Waals surface area contributed by atoms with Crippen LogP contribution < -0.4 is 0 Å². The van der Waals surface area contributed by atoms with Crippen LogP contribution in [0.2, 0.25) is 0 Å². The molecule has 0 spiro atoms. The maximum absolute atomic E-state index is 13.8. The van der Waals surface area contributed by atoms with Crippen molar-refractivity contribution in [1.82, 2.24) is 24.2 Å². The van der Waals surface area contributed by atoms with E-state index in [9.17, 15) is 28.3 Å². The largest absolute Gasteiger partial charge is 0.465 e. The van der Waals surface area contributed by atoms with Crippen LogP contribution >= 0.6 is 0 Å². The van der Waals surface area contributed by atoms with Gasteiger partial charge in [0.05, 0.1) is 77.6 Å². The van der Waals surface area contributed by atoms with Gasteiger partial charge in [-0.2, -0.15) is 0 Å². The van der Waals surface area contributed by atoms with Crippen molar-refractivity contribution in [2.75, 3.05) is 98.7 Å². The number of halogens is 2. The molecule has 268 valence electrons. The summed E-state index contributed by atoms with van der Waals surface area (Å²) in [5.74, 6) is -2.38. The number of fused-ring (bicyclic) bond motifs is 1. The lowest BCUT2D eigenvalue weighted by Crippen LogP contribution is -2.63. The summed E-state index contributed by atoms with van der Waals surface area (Å²) in [5, 5.41) is 18.8. The molecule has 2 aliphatic rings. The second kappa shape index (κ2) is 17.8. The second-order valence-corrected chi connectivity index (χ2v) is 12.1. The molecule has 3 atom stereocenters. The van der Waals surface area contributed by atoms with Gasteiger partial charge in [0.1, 0.15) is 5.69 Å². The van der Waals surface area contributed by atoms with E-state index in [0.29, 0.717) is 62.7 Å². The van der Waals surface area contributed by atoms with Crippen LogP contribution in [-0.4, -0.2) is 169 Å². The molecule has 48 heavy (non-hydrogen) atoms. The Morgan fingerprint density at radius 1 is 0.812 bits per heavy atom. The van der Waals surface area contributed by atoms with Crippen LogP contribution in [0, 0.1) is 11.6 Å². The molecule has 0 aliphatic carbocycles. The van der Waals surface area contributed by atoms with Crippen molar-refractivity contribution in [2.24, 2.45) is 7.05 Å². The van der Waals surface area contributed by atoms with Crippen LogP contribution in [0.4, 0.5) is 13.6 Å². The minimum absolute atomic E-state index is 0.0308. The number of amides is 3. The summed E-state index contributed by atoms with van der Waals surface area (Å²) < 4.78 is 51.0. The van der Waals surface area contributed by atoms with Gasteiger partial charge in [0.2, 0.25) is 5.91 Å². The zero-order chi connectivity index (χ0) is 34.8. The number of aromatic nitrogens is 1. The summed E-state index contributed by atoms with van der Waals surface area (Å²) in [4.78, 5) is 45.6. The molecule has 0 bridgehead atoms. The fraction of sp³-hybridized carbons (Fsp3) is 0.656. The van der Waals surface area contributed by atoms with E-state index in [-0.39, 0.29) is 82.5 Å². The molecular weight excluding hydrogens is 636 g/mol. The highest BCUT2D eigenvalue weighted by Crippen LogP contribution is 2.24. The number of carbonyl (C=O) groups excluding carboxylic acids is 2. The van der Waals surface area contributed by atoms with Gasteiger partial charge >= 0.3 is 6.09 Å². The number of benzene rings is 1. The van der Waals surface area contributed by atoms with Gasteiger partial charge in [0.25, 0.3) is 5.91 Å². The molecule has 16 heteroatoms. The lowest BCUT2D eigenvalue weighted by atomic mass is 10.1. The standard InChI is InChI=1S/C32H47F2N5O9/c1-22-17-36(31(42)29-15-24-14-26(33)27(34)16-28(24)35(29)3)4-5-38(22)30(41)20-37-18-23(2)39(32(43)44)19-25(37)21-48-13-12-47-11-10-46-9-8-45-7-6-40/h14-16,22-23,25,40H,4-13,17-21H2,1-3H3,(H,43,44)/t22-,23-,25-/m1/s1. The van der Waals surface area contributed by atoms with Crippen LogP contribution in [-0.2, 0) is 30.8 Å². The minimum Gasteiger partial charge on any atom is -0.465 e. The first-order valence-corrected chi connectivity index (χ1v) is 16.2. The van der Waals surface area contributed by atoms with Crippen molar-refractivity contribution in [2.45, 2.75) is 32.0 Å². The Morgan fingerprint density at radius 3 is 2.04 bits per heavy atom. The molecule has 3 heterocycles. The van der Waals surface area contributed by atoms with Gasteiger partial charge < -0.3 is 48.4 Å². The highest BCUT2D eigenvalue weighted by Gasteiger charge is 2.37. The van der Waals surface area contributed by atoms with E-state index in [4.69, 9.17) is 24.1 Å². The van der Waals surface area contributed by atoms with Gasteiger partial charge in [0, 0.05) is 63.3 Å². The lowest BCUT2D eigenvalue weighted by molar-refractivity contribution is -0.138. The first-order chi connectivity index (χ1) is 23.0. The van der Waals surface area contributed by atoms with E-state index in [2.05, 4.69) is 0 Å². The third kappa shape index (κ3) is 9.60. The van der Waals surface area contributed by atoms with Crippen LogP contribution in [0.3, 0.4) is 0 Å². The number of hydrogen-bond donors (Lipinski definition) is 2. The number of ether oxygens (including phenoxy) is 4. The predicted octanol–water partition coefficient (Wildman–Crippen LogP) is 1.24. The molecule has 0 saturated carbocycles. The summed E-state index contributed by atoms with van der Waals surface area (Å²) in [6, 6.07) is 2.73. The lowest BCUT2D eigenvalue weighted by Gasteiger charge is -2.45. The molecular formula is C32H47F2N5O9. The topological polar surface area (TPSA) is 146 Å². The van der Waals surface area contributed by atoms with Crippen molar-refractivity contribution in [1.29, 1.82) is 0 Å². The Labute approximate surface area is 278 Å². The predicted molar refractivity (Wildman–Crippen MR) is 170 cm³/mol. The summed E-state index contributed by atoms with van der Waals surface area (Å²) in [7, 11) is 1.63. The van der Waals surface area contributed by atoms with E-state index in [1.165, 1.54) is 4.90 Å². The zero-order valence-electron chi connectivity index (χ0n) is 27.8. The number of nitrogens with zero attached hydrogens (tertiary/aromatic N) is 5. The van der Waals surface area contributed by atoms with Crippen molar-refractivity contribution in [3.63, 3.8) is 0 Å². The number of carboxylic acid groups (broad SMARTS) is 1. The SMILES string of the molecule is C[C@@H]1CN(CC(=O)N2CCN(C(=O)c3cc4cc(F)c(F)cc4n3C)C[C@H]2C)[C@@H](COCCOCCOCCOCCO)CN1C(=O)O. The number of aliphatic hydroxyl groups is 1. The third-order valence-electron chi connectivity index (χ3n) is 8.74. The second-order valence-electron chi connectivity index (χ2n) is 12.1. The highest BCUT2D eigenvalue weighted by atomic mass is 19.2. The van der Waals surface area contributed by atoms with Crippen molar-refractivity contribution in [3.05, 3.63) is 35.5 Å². The van der Waals surface area contributed by atoms with Gasteiger partial charge in [-0.25, -0.2) is 13.6 Å². The zero-order valence-corrected chi connectivity index (χ0v) is 27.8. The fourth-order valence-corrected chi connectivity index (χ4v) is 6.15. The van der Waals surface area contributed by atoms with Crippen molar-refractivity contribution >= 4 is 28.8 Å². The molecule has 4 rings (SSSR count). The molecule has 1 aromatic carbocycles. The highest BCUT2D eigenvalue weighted by molar-refractivity contribution is 5.99. The molecule has 1 aromatic heterocycles. The van der Waals surface area contributed by atoms with E-state index >= 15 is 0 Å². The summed E-state index contributed by atoms with van der Waals surface area (Å²) in [6.45, 7) is 7.78. The minimum atomic E-state index is -1.03. The number of rotatable bonds is 16. The van der Waals surface area contributed by atoms with Crippen molar-refractivity contribution < 1.29 is 52.3 Å². The molecule has 14 nitrogen and oxygen atoms in total. The molecule has 2 N–H and O–H groups in total. The van der Waals surface area contributed by atoms with Crippen LogP contribution in [0.25, 0.3) is 10.9 Å². The van der Waals surface area contributed by atoms with Gasteiger partial charge in [-0.3, -0.25) is 14.5 Å². The van der Waals surface area contributed by atoms with E-state index < -0.39 is 17.7 Å². The average molecular weight is 684 g/mol. The average Bonchev–Trinajstić information content (AvgIpc) is 3.36. The van der Waals surface area contributed by atoms with Gasteiger partial charge in [-0.15, -0.1) is 0 Å². The number of piperazine rings is 2. The molecule has 2 fully saturated rings. The van der Waals surface area contributed by atoms with Gasteiger partial charge in [-0.1, -0.05) is 0 Å². The number of aryl methyl sites for hydroxylation is 1. The van der Waals surface area contributed by atoms with Gasteiger partial charge in [0.15, 0.2) is 11.6 Å². The monoisotopic (exact) mass is 683 g/mol. The third-order valence-corrected chi connectivity index (χ3v) is 8.74. The van der Waals surface area contributed by atoms with E-state index in [1.54, 1.807) is 34.4 Å². The molecule has 0 radical (unpaired) electrons. The molecule has 2 aliphatic heterocycles. The summed E-state index contributed by atoms with van der Waals surface area (Å²) in [6.07, 6.45) is -1.03. The Balaban J connectivity index is 1.26. The number of hydrogen-bond acceptors (Lipinski definition) is 9. The molecule has 2 saturated heterocycles. The van der Waals surface area contributed by atoms with Crippen LogP contribution in [0.1, 0.15) is 24.3 Å². The Morgan fingerprint density at radius 2 is 1.42 bits per heavy atom. The normalized spacial score (nSPS) is 20.5. The molecule has 2 aromatic rings.